The topological polar surface area (TPSA) is 38.0 Å². The summed E-state index contributed by atoms with van der Waals surface area (Å²) in [6, 6.07) is 6.98. The van der Waals surface area contributed by atoms with Gasteiger partial charge in [-0.25, -0.2) is 4.39 Å². The van der Waals surface area contributed by atoms with E-state index in [2.05, 4.69) is 37.2 Å². The van der Waals surface area contributed by atoms with Gasteiger partial charge in [-0.15, -0.1) is 0 Å². The van der Waals surface area contributed by atoms with Crippen LogP contribution in [0.3, 0.4) is 0 Å². The van der Waals surface area contributed by atoms with Gasteiger partial charge in [0.05, 0.1) is 10.2 Å². The van der Waals surface area contributed by atoms with Gasteiger partial charge < -0.3 is 11.1 Å². The molecule has 5 heteroatoms. The third-order valence-electron chi connectivity index (χ3n) is 2.89. The molecule has 2 rings (SSSR count). The molecule has 0 radical (unpaired) electrons. The molecule has 0 aliphatic heterocycles. The first-order chi connectivity index (χ1) is 8.88. The second kappa shape index (κ2) is 5.51. The van der Waals surface area contributed by atoms with Gasteiger partial charge in [0.2, 0.25) is 0 Å². The Labute approximate surface area is 128 Å². The molecular weight excluding hydrogens is 375 g/mol. The highest BCUT2D eigenvalue weighted by Gasteiger charge is 2.08. The van der Waals surface area contributed by atoms with E-state index in [9.17, 15) is 4.39 Å². The third kappa shape index (κ3) is 3.09. The molecule has 0 heterocycles. The summed E-state index contributed by atoms with van der Waals surface area (Å²) in [6.45, 7) is 3.85. The number of halogens is 3. The van der Waals surface area contributed by atoms with Gasteiger partial charge in [0.1, 0.15) is 5.82 Å². The fourth-order valence-corrected chi connectivity index (χ4v) is 2.64. The molecular formula is C14H13Br2FN2. The molecule has 0 atom stereocenters. The van der Waals surface area contributed by atoms with E-state index in [1.54, 1.807) is 6.07 Å². The highest BCUT2D eigenvalue weighted by atomic mass is 79.9. The van der Waals surface area contributed by atoms with E-state index in [0.717, 1.165) is 32.7 Å². The average Bonchev–Trinajstić information content (AvgIpc) is 2.32. The zero-order chi connectivity index (χ0) is 14.2. The van der Waals surface area contributed by atoms with E-state index in [1.807, 2.05) is 26.0 Å². The maximum absolute atomic E-state index is 13.6. The Hall–Kier alpha value is -1.07. The zero-order valence-corrected chi connectivity index (χ0v) is 13.7. The van der Waals surface area contributed by atoms with Gasteiger partial charge >= 0.3 is 0 Å². The summed E-state index contributed by atoms with van der Waals surface area (Å²) in [5, 5.41) is 3.21. The van der Waals surface area contributed by atoms with Crippen LogP contribution in [0.15, 0.2) is 33.2 Å². The fourth-order valence-electron chi connectivity index (χ4n) is 1.72. The summed E-state index contributed by atoms with van der Waals surface area (Å²) in [7, 11) is 0. The van der Waals surface area contributed by atoms with Crippen LogP contribution >= 0.6 is 31.9 Å². The van der Waals surface area contributed by atoms with Crippen LogP contribution in [-0.4, -0.2) is 0 Å². The van der Waals surface area contributed by atoms with E-state index in [4.69, 9.17) is 5.73 Å². The number of anilines is 3. The molecule has 0 saturated carbocycles. The summed E-state index contributed by atoms with van der Waals surface area (Å²) in [6.07, 6.45) is 0. The molecule has 0 aromatic heterocycles. The van der Waals surface area contributed by atoms with E-state index in [-0.39, 0.29) is 5.82 Å². The van der Waals surface area contributed by atoms with E-state index >= 15 is 0 Å². The largest absolute Gasteiger partial charge is 0.398 e. The Morgan fingerprint density at radius 2 is 1.63 bits per heavy atom. The molecule has 0 saturated heterocycles. The molecule has 0 aliphatic rings. The van der Waals surface area contributed by atoms with Crippen molar-refractivity contribution in [3.05, 3.63) is 50.2 Å². The first-order valence-electron chi connectivity index (χ1n) is 5.67. The maximum atomic E-state index is 13.6. The number of nitrogens with one attached hydrogen (secondary N) is 1. The van der Waals surface area contributed by atoms with Gasteiger partial charge in [-0.3, -0.25) is 0 Å². The number of rotatable bonds is 2. The number of aryl methyl sites for hydroxylation is 2. The van der Waals surface area contributed by atoms with Crippen LogP contribution in [0.25, 0.3) is 0 Å². The smallest absolute Gasteiger partial charge is 0.139 e. The van der Waals surface area contributed by atoms with Gasteiger partial charge in [-0.1, -0.05) is 0 Å². The van der Waals surface area contributed by atoms with E-state index < -0.39 is 0 Å². The summed E-state index contributed by atoms with van der Waals surface area (Å²) in [5.74, 6) is -0.295. The lowest BCUT2D eigenvalue weighted by molar-refractivity contribution is 0.621. The van der Waals surface area contributed by atoms with Crippen LogP contribution in [0.4, 0.5) is 21.5 Å². The van der Waals surface area contributed by atoms with Gasteiger partial charge in [0.15, 0.2) is 0 Å². The molecule has 0 amide bonds. The number of hydrogen-bond donors (Lipinski definition) is 2. The quantitative estimate of drug-likeness (QED) is 0.686. The predicted molar refractivity (Wildman–Crippen MR) is 85.4 cm³/mol. The van der Waals surface area contributed by atoms with Gasteiger partial charge in [-0.05, 0) is 81.1 Å². The standard InChI is InChI=1S/C14H13Br2FN2/c1-7-4-14(10(16)5-12(7)18)19-13-6-11(17)9(15)3-8(13)2/h3-6,19H,18H2,1-2H3. The van der Waals surface area contributed by atoms with Crippen molar-refractivity contribution in [2.24, 2.45) is 0 Å². The van der Waals surface area contributed by atoms with Gasteiger partial charge in [0.25, 0.3) is 0 Å². The predicted octanol–water partition coefficient (Wildman–Crippen LogP) is 5.29. The highest BCUT2D eigenvalue weighted by molar-refractivity contribution is 9.10. The number of hydrogen-bond acceptors (Lipinski definition) is 2. The lowest BCUT2D eigenvalue weighted by atomic mass is 10.1. The van der Waals surface area contributed by atoms with Crippen molar-refractivity contribution >= 4 is 48.9 Å². The minimum Gasteiger partial charge on any atom is -0.398 e. The normalized spacial score (nSPS) is 10.6. The van der Waals surface area contributed by atoms with Crippen molar-refractivity contribution in [2.45, 2.75) is 13.8 Å². The highest BCUT2D eigenvalue weighted by Crippen LogP contribution is 2.32. The zero-order valence-electron chi connectivity index (χ0n) is 10.5. The molecule has 2 nitrogen and oxygen atoms in total. The second-order valence-electron chi connectivity index (χ2n) is 4.39. The Morgan fingerprint density at radius 1 is 0.947 bits per heavy atom. The lowest BCUT2D eigenvalue weighted by Crippen LogP contribution is -1.98. The van der Waals surface area contributed by atoms with Crippen LogP contribution in [0.1, 0.15) is 11.1 Å². The Balaban J connectivity index is 2.42. The average molecular weight is 388 g/mol. The first-order valence-corrected chi connectivity index (χ1v) is 7.25. The minimum atomic E-state index is -0.295. The van der Waals surface area contributed by atoms with Crippen molar-refractivity contribution in [3.63, 3.8) is 0 Å². The van der Waals surface area contributed by atoms with Crippen LogP contribution in [-0.2, 0) is 0 Å². The van der Waals surface area contributed by atoms with Crippen molar-refractivity contribution in [1.82, 2.24) is 0 Å². The van der Waals surface area contributed by atoms with Crippen molar-refractivity contribution in [1.29, 1.82) is 0 Å². The van der Waals surface area contributed by atoms with E-state index in [0.29, 0.717) is 4.47 Å². The van der Waals surface area contributed by atoms with E-state index in [1.165, 1.54) is 6.07 Å². The first kappa shape index (κ1) is 14.3. The second-order valence-corrected chi connectivity index (χ2v) is 6.10. The molecule has 19 heavy (non-hydrogen) atoms. The van der Waals surface area contributed by atoms with Gasteiger partial charge in [0, 0.05) is 15.8 Å². The summed E-state index contributed by atoms with van der Waals surface area (Å²) >= 11 is 6.62. The molecule has 3 N–H and O–H groups in total. The van der Waals surface area contributed by atoms with Crippen molar-refractivity contribution in [2.75, 3.05) is 11.1 Å². The molecule has 2 aromatic carbocycles. The number of benzene rings is 2. The monoisotopic (exact) mass is 386 g/mol. The van der Waals surface area contributed by atoms with Crippen LogP contribution in [0.2, 0.25) is 0 Å². The van der Waals surface area contributed by atoms with Gasteiger partial charge in [-0.2, -0.15) is 0 Å². The molecule has 2 aromatic rings. The van der Waals surface area contributed by atoms with Crippen molar-refractivity contribution in [3.8, 4) is 0 Å². The van der Waals surface area contributed by atoms with Crippen molar-refractivity contribution < 1.29 is 4.39 Å². The summed E-state index contributed by atoms with van der Waals surface area (Å²) in [4.78, 5) is 0. The fraction of sp³-hybridized carbons (Fsp3) is 0.143. The maximum Gasteiger partial charge on any atom is 0.139 e. The minimum absolute atomic E-state index is 0.295. The Morgan fingerprint density at radius 3 is 2.32 bits per heavy atom. The molecule has 0 aliphatic carbocycles. The molecule has 0 spiro atoms. The third-order valence-corrected chi connectivity index (χ3v) is 4.16. The molecule has 0 unspecified atom stereocenters. The number of nitrogens with two attached hydrogens (primary N) is 1. The summed E-state index contributed by atoms with van der Waals surface area (Å²) in [5.41, 5.74) is 10.1. The van der Waals surface area contributed by atoms with Crippen LogP contribution < -0.4 is 11.1 Å². The molecule has 100 valence electrons. The molecule has 0 bridgehead atoms. The van der Waals surface area contributed by atoms with Crippen LogP contribution in [0, 0.1) is 19.7 Å². The van der Waals surface area contributed by atoms with Crippen LogP contribution in [0.5, 0.6) is 0 Å². The number of nitrogen functional groups attached to an aromatic ring is 1. The lowest BCUT2D eigenvalue weighted by Gasteiger charge is -2.14. The Bertz CT molecular complexity index is 586. The summed E-state index contributed by atoms with van der Waals surface area (Å²) < 4.78 is 14.9. The molecule has 0 fully saturated rings. The SMILES string of the molecule is Cc1cc(Nc2cc(F)c(Br)cc2C)c(Br)cc1N. The Kier molecular flexibility index (Phi) is 4.16.